The molecule has 1 aliphatic rings. The number of carbonyl (C=O) groups is 2. The van der Waals surface area contributed by atoms with Gasteiger partial charge in [-0.1, -0.05) is 0 Å². The first kappa shape index (κ1) is 21.6. The molecule has 3 heterocycles. The van der Waals surface area contributed by atoms with Gasteiger partial charge in [-0.2, -0.15) is 0 Å². The van der Waals surface area contributed by atoms with Crippen LogP contribution in [0.15, 0.2) is 42.7 Å². The predicted molar refractivity (Wildman–Crippen MR) is 119 cm³/mol. The number of carbonyl (C=O) groups excluding carboxylic acids is 2. The number of hydrogen-bond acceptors (Lipinski definition) is 6. The van der Waals surface area contributed by atoms with Crippen LogP contribution in [0.1, 0.15) is 15.9 Å². The van der Waals surface area contributed by atoms with Crippen molar-refractivity contribution in [3.63, 3.8) is 0 Å². The standard InChI is InChI=1S/C23H26N4O5/c1-26-13-16(19-11-17(5-6-20(19)26)25-23(29)31-3)10-18-14-32-9-8-27(18)22(28)15-4-7-21(30-2)24-12-15/h4-7,11-13,18H,8-10,14H2,1-3H3,(H,25,29)/t18-/m0/s1. The molecule has 168 valence electrons. The van der Waals surface area contributed by atoms with Gasteiger partial charge in [0, 0.05) is 48.6 Å². The van der Waals surface area contributed by atoms with Crippen LogP contribution in [-0.4, -0.2) is 66.5 Å². The van der Waals surface area contributed by atoms with Gasteiger partial charge in [-0.3, -0.25) is 10.1 Å². The Balaban J connectivity index is 1.60. The third-order valence-electron chi connectivity index (χ3n) is 5.64. The number of nitrogens with one attached hydrogen (secondary N) is 1. The lowest BCUT2D eigenvalue weighted by molar-refractivity contribution is -0.00158. The average Bonchev–Trinajstić information content (AvgIpc) is 3.13. The van der Waals surface area contributed by atoms with Crippen molar-refractivity contribution in [3.05, 3.63) is 53.9 Å². The number of fused-ring (bicyclic) bond motifs is 1. The first-order valence-electron chi connectivity index (χ1n) is 10.3. The number of hydrogen-bond donors (Lipinski definition) is 1. The minimum atomic E-state index is -0.521. The first-order valence-corrected chi connectivity index (χ1v) is 10.3. The second-order valence-electron chi connectivity index (χ2n) is 7.63. The molecule has 9 heteroatoms. The lowest BCUT2D eigenvalue weighted by atomic mass is 10.0. The third-order valence-corrected chi connectivity index (χ3v) is 5.64. The van der Waals surface area contributed by atoms with Gasteiger partial charge in [-0.05, 0) is 36.2 Å². The van der Waals surface area contributed by atoms with Gasteiger partial charge in [-0.15, -0.1) is 0 Å². The molecule has 3 aromatic rings. The summed E-state index contributed by atoms with van der Waals surface area (Å²) >= 11 is 0. The van der Waals surface area contributed by atoms with E-state index in [1.807, 2.05) is 34.7 Å². The summed E-state index contributed by atoms with van der Waals surface area (Å²) in [5.41, 5.74) is 3.26. The largest absolute Gasteiger partial charge is 0.481 e. The smallest absolute Gasteiger partial charge is 0.411 e. The zero-order valence-corrected chi connectivity index (χ0v) is 18.3. The first-order chi connectivity index (χ1) is 15.5. The maximum absolute atomic E-state index is 13.2. The van der Waals surface area contributed by atoms with Gasteiger partial charge in [0.05, 0.1) is 39.0 Å². The minimum absolute atomic E-state index is 0.0817. The topological polar surface area (TPSA) is 94.9 Å². The molecular formula is C23H26N4O5. The predicted octanol–water partition coefficient (Wildman–Crippen LogP) is 2.84. The molecule has 1 saturated heterocycles. The number of aromatic nitrogens is 2. The molecule has 0 spiro atoms. The van der Waals surface area contributed by atoms with Crippen molar-refractivity contribution in [1.29, 1.82) is 0 Å². The summed E-state index contributed by atoms with van der Waals surface area (Å²) in [5, 5.41) is 3.71. The highest BCUT2D eigenvalue weighted by Crippen LogP contribution is 2.27. The highest BCUT2D eigenvalue weighted by Gasteiger charge is 2.29. The Bertz CT molecular complexity index is 1130. The molecule has 32 heavy (non-hydrogen) atoms. The van der Waals surface area contributed by atoms with E-state index < -0.39 is 6.09 Å². The van der Waals surface area contributed by atoms with Crippen LogP contribution < -0.4 is 10.1 Å². The summed E-state index contributed by atoms with van der Waals surface area (Å²) in [6.45, 7) is 1.45. The van der Waals surface area contributed by atoms with Gasteiger partial charge >= 0.3 is 6.09 Å². The molecule has 1 atom stereocenters. The zero-order chi connectivity index (χ0) is 22.7. The summed E-state index contributed by atoms with van der Waals surface area (Å²) in [7, 11) is 4.84. The molecule has 0 radical (unpaired) electrons. The molecule has 2 amide bonds. The van der Waals surface area contributed by atoms with Gasteiger partial charge in [0.25, 0.3) is 5.91 Å². The minimum Gasteiger partial charge on any atom is -0.481 e. The van der Waals surface area contributed by atoms with E-state index in [0.29, 0.717) is 43.3 Å². The number of methoxy groups -OCH3 is 2. The Labute approximate surface area is 185 Å². The van der Waals surface area contributed by atoms with Crippen LogP contribution in [0.4, 0.5) is 10.5 Å². The summed E-state index contributed by atoms with van der Waals surface area (Å²) in [5.74, 6) is 0.383. The Morgan fingerprint density at radius 1 is 1.25 bits per heavy atom. The van der Waals surface area contributed by atoms with Crippen LogP contribution in [0.25, 0.3) is 10.9 Å². The monoisotopic (exact) mass is 438 g/mol. The molecule has 9 nitrogen and oxygen atoms in total. The summed E-state index contributed by atoms with van der Waals surface area (Å²) in [4.78, 5) is 30.8. The zero-order valence-electron chi connectivity index (χ0n) is 18.3. The van der Waals surface area contributed by atoms with Crippen molar-refractivity contribution in [2.24, 2.45) is 7.05 Å². The molecule has 0 unspecified atom stereocenters. The highest BCUT2D eigenvalue weighted by atomic mass is 16.5. The van der Waals surface area contributed by atoms with Crippen LogP contribution >= 0.6 is 0 Å². The number of amides is 2. The summed E-state index contributed by atoms with van der Waals surface area (Å²) in [6.07, 6.45) is 3.69. The fraction of sp³-hybridized carbons (Fsp3) is 0.348. The van der Waals surface area contributed by atoms with Crippen LogP contribution in [-0.2, 0) is 22.9 Å². The van der Waals surface area contributed by atoms with E-state index in [1.54, 1.807) is 12.1 Å². The van der Waals surface area contributed by atoms with Crippen molar-refractivity contribution in [2.45, 2.75) is 12.5 Å². The maximum Gasteiger partial charge on any atom is 0.411 e. The van der Waals surface area contributed by atoms with Crippen molar-refractivity contribution < 1.29 is 23.8 Å². The van der Waals surface area contributed by atoms with E-state index >= 15 is 0 Å². The molecule has 2 aromatic heterocycles. The fourth-order valence-electron chi connectivity index (χ4n) is 4.02. The van der Waals surface area contributed by atoms with Gasteiger partial charge in [0.1, 0.15) is 0 Å². The van der Waals surface area contributed by atoms with E-state index in [9.17, 15) is 9.59 Å². The number of pyridine rings is 1. The quantitative estimate of drug-likeness (QED) is 0.658. The maximum atomic E-state index is 13.2. The SMILES string of the molecule is COC(=O)Nc1ccc2c(c1)c(C[C@H]1COCCN1C(=O)c1ccc(OC)nc1)cn2C. The number of aryl methyl sites for hydroxylation is 1. The Morgan fingerprint density at radius 3 is 2.81 bits per heavy atom. The molecule has 1 aromatic carbocycles. The lowest BCUT2D eigenvalue weighted by Gasteiger charge is -2.35. The van der Waals surface area contributed by atoms with E-state index in [4.69, 9.17) is 14.2 Å². The molecule has 1 aliphatic heterocycles. The highest BCUT2D eigenvalue weighted by molar-refractivity contribution is 5.95. The molecule has 0 bridgehead atoms. The third kappa shape index (κ3) is 4.38. The second-order valence-corrected chi connectivity index (χ2v) is 7.63. The normalized spacial score (nSPS) is 16.1. The number of morpholine rings is 1. The van der Waals surface area contributed by atoms with Crippen molar-refractivity contribution in [3.8, 4) is 5.88 Å². The molecule has 1 fully saturated rings. The van der Waals surface area contributed by atoms with E-state index in [2.05, 4.69) is 16.5 Å². The molecule has 4 rings (SSSR count). The Morgan fingerprint density at radius 2 is 2.09 bits per heavy atom. The van der Waals surface area contributed by atoms with Crippen molar-refractivity contribution in [2.75, 3.05) is 39.3 Å². The van der Waals surface area contributed by atoms with Gasteiger partial charge in [-0.25, -0.2) is 9.78 Å². The number of rotatable bonds is 5. The van der Waals surface area contributed by atoms with Crippen LogP contribution in [0.5, 0.6) is 5.88 Å². The van der Waals surface area contributed by atoms with Crippen LogP contribution in [0.3, 0.4) is 0 Å². The van der Waals surface area contributed by atoms with Crippen molar-refractivity contribution in [1.82, 2.24) is 14.5 Å². The average molecular weight is 438 g/mol. The Hall–Kier alpha value is -3.59. The number of nitrogens with zero attached hydrogens (tertiary/aromatic N) is 3. The van der Waals surface area contributed by atoms with E-state index in [1.165, 1.54) is 20.4 Å². The van der Waals surface area contributed by atoms with Crippen LogP contribution in [0, 0.1) is 0 Å². The number of benzene rings is 1. The van der Waals surface area contributed by atoms with Crippen molar-refractivity contribution >= 4 is 28.6 Å². The molecule has 0 saturated carbocycles. The lowest BCUT2D eigenvalue weighted by Crippen LogP contribution is -2.49. The molecule has 0 aliphatic carbocycles. The number of ether oxygens (including phenoxy) is 3. The second kappa shape index (κ2) is 9.27. The van der Waals surface area contributed by atoms with E-state index in [-0.39, 0.29) is 11.9 Å². The number of anilines is 1. The fourth-order valence-corrected chi connectivity index (χ4v) is 4.02. The molecular weight excluding hydrogens is 412 g/mol. The van der Waals surface area contributed by atoms with Crippen LogP contribution in [0.2, 0.25) is 0 Å². The summed E-state index contributed by atoms with van der Waals surface area (Å²) < 4.78 is 17.5. The summed E-state index contributed by atoms with van der Waals surface area (Å²) in [6, 6.07) is 8.99. The Kier molecular flexibility index (Phi) is 6.27. The van der Waals surface area contributed by atoms with Gasteiger partial charge in [0.2, 0.25) is 5.88 Å². The van der Waals surface area contributed by atoms with Gasteiger partial charge < -0.3 is 23.7 Å². The van der Waals surface area contributed by atoms with Gasteiger partial charge in [0.15, 0.2) is 0 Å². The van der Waals surface area contributed by atoms with E-state index in [0.717, 1.165) is 16.5 Å². The molecule has 1 N–H and O–H groups in total.